The molecule has 0 spiro atoms. The van der Waals surface area contributed by atoms with Crippen molar-refractivity contribution in [3.8, 4) is 11.5 Å². The molecule has 0 bridgehead atoms. The second-order valence-corrected chi connectivity index (χ2v) is 7.98. The van der Waals surface area contributed by atoms with Crippen LogP contribution in [0.4, 0.5) is 11.5 Å². The molecule has 3 N–H and O–H groups in total. The Hall–Kier alpha value is -4.24. The van der Waals surface area contributed by atoms with Crippen LogP contribution in [-0.2, 0) is 11.4 Å². The van der Waals surface area contributed by atoms with Gasteiger partial charge < -0.3 is 25.2 Å². The number of nitrogens with one attached hydrogen (secondary N) is 2. The summed E-state index contributed by atoms with van der Waals surface area (Å²) in [6.07, 6.45) is 2.91. The van der Waals surface area contributed by atoms with E-state index >= 15 is 0 Å². The summed E-state index contributed by atoms with van der Waals surface area (Å²) in [5.41, 5.74) is 3.39. The molecule has 0 saturated heterocycles. The fraction of sp³-hybridized carbons (Fsp3) is 0.231. The fourth-order valence-electron chi connectivity index (χ4n) is 3.50. The average Bonchev–Trinajstić information content (AvgIpc) is 2.87. The van der Waals surface area contributed by atoms with Crippen LogP contribution in [0.3, 0.4) is 0 Å². The lowest BCUT2D eigenvalue weighted by Crippen LogP contribution is -2.35. The molecule has 4 aromatic rings. The number of anilines is 2. The van der Waals surface area contributed by atoms with Crippen LogP contribution in [0.25, 0.3) is 10.9 Å². The van der Waals surface area contributed by atoms with Gasteiger partial charge in [0.25, 0.3) is 0 Å². The van der Waals surface area contributed by atoms with E-state index < -0.39 is 12.5 Å². The summed E-state index contributed by atoms with van der Waals surface area (Å²) in [6, 6.07) is 17.1. The Balaban J connectivity index is 1.51. The number of aliphatic hydroxyl groups is 1. The van der Waals surface area contributed by atoms with E-state index in [4.69, 9.17) is 14.6 Å². The van der Waals surface area contributed by atoms with Crippen molar-refractivity contribution >= 4 is 28.3 Å². The van der Waals surface area contributed by atoms with E-state index in [1.807, 2.05) is 68.4 Å². The highest BCUT2D eigenvalue weighted by Crippen LogP contribution is 2.33. The number of nitrogens with zero attached hydrogens (tertiary/aromatic N) is 3. The fourth-order valence-corrected chi connectivity index (χ4v) is 3.50. The minimum Gasteiger partial charge on any atom is -0.488 e. The molecule has 1 amide bonds. The van der Waals surface area contributed by atoms with E-state index in [0.717, 1.165) is 33.6 Å². The maximum absolute atomic E-state index is 11.3. The summed E-state index contributed by atoms with van der Waals surface area (Å²) in [7, 11) is 0. The van der Waals surface area contributed by atoms with E-state index in [-0.39, 0.29) is 12.6 Å². The number of aromatic nitrogens is 3. The summed E-state index contributed by atoms with van der Waals surface area (Å²) < 4.78 is 12.0. The minimum absolute atomic E-state index is 0.255. The van der Waals surface area contributed by atoms with Crippen molar-refractivity contribution in [1.29, 1.82) is 0 Å². The van der Waals surface area contributed by atoms with Crippen LogP contribution in [0.15, 0.2) is 67.1 Å². The average molecular weight is 474 g/mol. The van der Waals surface area contributed by atoms with Crippen molar-refractivity contribution < 1.29 is 19.4 Å². The normalized spacial score (nSPS) is 11.6. The second kappa shape index (κ2) is 11.3. The molecule has 0 radical (unpaired) electrons. The minimum atomic E-state index is -0.560. The Bertz CT molecular complexity index is 1290. The van der Waals surface area contributed by atoms with Gasteiger partial charge in [0, 0.05) is 11.9 Å². The summed E-state index contributed by atoms with van der Waals surface area (Å²) >= 11 is 0. The number of pyridine rings is 1. The number of aliphatic hydroxyl groups excluding tert-OH is 1. The van der Waals surface area contributed by atoms with Crippen LogP contribution in [-0.4, -0.2) is 45.2 Å². The Kier molecular flexibility index (Phi) is 7.69. The van der Waals surface area contributed by atoms with Gasteiger partial charge in [0.2, 0.25) is 5.91 Å². The zero-order chi connectivity index (χ0) is 24.6. The monoisotopic (exact) mass is 473 g/mol. The maximum atomic E-state index is 11.3. The third-order valence-corrected chi connectivity index (χ3v) is 5.22. The van der Waals surface area contributed by atoms with Crippen molar-refractivity contribution in [1.82, 2.24) is 20.3 Å². The van der Waals surface area contributed by atoms with Crippen molar-refractivity contribution in [2.75, 3.05) is 18.5 Å². The van der Waals surface area contributed by atoms with Crippen LogP contribution in [0.1, 0.15) is 18.2 Å². The Morgan fingerprint density at radius 3 is 2.71 bits per heavy atom. The van der Waals surface area contributed by atoms with E-state index in [1.165, 1.54) is 6.33 Å². The molecule has 9 nitrogen and oxygen atoms in total. The predicted octanol–water partition coefficient (Wildman–Crippen LogP) is 3.53. The number of amides is 1. The zero-order valence-electron chi connectivity index (χ0n) is 19.6. The number of aryl methyl sites for hydroxylation is 1. The molecular weight excluding hydrogens is 446 g/mol. The van der Waals surface area contributed by atoms with Gasteiger partial charge in [0.05, 0.1) is 23.1 Å². The number of rotatable bonds is 10. The predicted molar refractivity (Wildman–Crippen MR) is 133 cm³/mol. The molecule has 0 aliphatic rings. The molecule has 2 aromatic carbocycles. The lowest BCUT2D eigenvalue weighted by Gasteiger charge is -2.18. The van der Waals surface area contributed by atoms with Crippen LogP contribution in [0.5, 0.6) is 11.5 Å². The molecule has 2 heterocycles. The first-order chi connectivity index (χ1) is 17.0. The van der Waals surface area contributed by atoms with Crippen molar-refractivity contribution in [3.05, 3.63) is 78.4 Å². The highest BCUT2D eigenvalue weighted by Gasteiger charge is 2.14. The van der Waals surface area contributed by atoms with E-state index in [0.29, 0.717) is 18.2 Å². The highest BCUT2D eigenvalue weighted by atomic mass is 16.5. The Morgan fingerprint density at radius 2 is 1.94 bits per heavy atom. The number of carbonyl (C=O) groups is 1. The maximum Gasteiger partial charge on any atom is 0.245 e. The molecular formula is C26H27N5O4. The van der Waals surface area contributed by atoms with Crippen molar-refractivity contribution in [3.63, 3.8) is 0 Å². The van der Waals surface area contributed by atoms with Gasteiger partial charge in [-0.25, -0.2) is 9.97 Å². The molecule has 9 heteroatoms. The molecule has 0 saturated carbocycles. The van der Waals surface area contributed by atoms with Gasteiger partial charge in [0.1, 0.15) is 43.0 Å². The third-order valence-electron chi connectivity index (χ3n) is 5.22. The number of fused-ring (bicyclic) bond motifs is 1. The quantitative estimate of drug-likeness (QED) is 0.320. The SMILES string of the molecule is Cc1cc(Nc2ncnc3cccc(OC(C)CNC(=O)CO)c23)ccc1OCc1ccccn1. The van der Waals surface area contributed by atoms with Crippen LogP contribution >= 0.6 is 0 Å². The number of ether oxygens (including phenoxy) is 2. The highest BCUT2D eigenvalue weighted by molar-refractivity contribution is 5.95. The standard InChI is InChI=1S/C26H27N5O4/c1-17-12-19(9-10-22(17)34-15-20-6-3-4-11-27-20)31-26-25-21(29-16-30-26)7-5-8-23(25)35-18(2)13-28-24(33)14-32/h3-12,16,18,32H,13-15H2,1-2H3,(H,28,33)(H,29,30,31). The summed E-state index contributed by atoms with van der Waals surface area (Å²) in [6.45, 7) is 3.90. The van der Waals surface area contributed by atoms with Gasteiger partial charge in [-0.15, -0.1) is 0 Å². The van der Waals surface area contributed by atoms with E-state index in [1.54, 1.807) is 6.20 Å². The van der Waals surface area contributed by atoms with E-state index in [9.17, 15) is 4.79 Å². The van der Waals surface area contributed by atoms with Crippen LogP contribution in [0, 0.1) is 6.92 Å². The third kappa shape index (κ3) is 6.21. The first-order valence-corrected chi connectivity index (χ1v) is 11.2. The van der Waals surface area contributed by atoms with Gasteiger partial charge in [0.15, 0.2) is 0 Å². The Labute approximate surface area is 203 Å². The van der Waals surface area contributed by atoms with Gasteiger partial charge in [-0.3, -0.25) is 9.78 Å². The number of hydrogen-bond donors (Lipinski definition) is 3. The molecule has 1 atom stereocenters. The van der Waals surface area contributed by atoms with Crippen molar-refractivity contribution in [2.24, 2.45) is 0 Å². The first kappa shape index (κ1) is 23.9. The first-order valence-electron chi connectivity index (χ1n) is 11.2. The molecule has 35 heavy (non-hydrogen) atoms. The number of carbonyl (C=O) groups excluding carboxylic acids is 1. The lowest BCUT2D eigenvalue weighted by molar-refractivity contribution is -0.124. The summed E-state index contributed by atoms with van der Waals surface area (Å²) in [5.74, 6) is 1.51. The molecule has 0 aliphatic heterocycles. The molecule has 180 valence electrons. The van der Waals surface area contributed by atoms with Gasteiger partial charge in [-0.05, 0) is 61.9 Å². The molecule has 4 rings (SSSR count). The number of hydrogen-bond acceptors (Lipinski definition) is 8. The lowest BCUT2D eigenvalue weighted by atomic mass is 10.1. The molecule has 1 unspecified atom stereocenters. The molecule has 0 fully saturated rings. The number of benzene rings is 2. The second-order valence-electron chi connectivity index (χ2n) is 7.98. The van der Waals surface area contributed by atoms with Crippen LogP contribution in [0.2, 0.25) is 0 Å². The van der Waals surface area contributed by atoms with Crippen molar-refractivity contribution in [2.45, 2.75) is 26.6 Å². The van der Waals surface area contributed by atoms with Gasteiger partial charge in [-0.1, -0.05) is 12.1 Å². The van der Waals surface area contributed by atoms with Gasteiger partial charge >= 0.3 is 0 Å². The van der Waals surface area contributed by atoms with E-state index in [2.05, 4.69) is 25.6 Å². The summed E-state index contributed by atoms with van der Waals surface area (Å²) in [4.78, 5) is 24.4. The van der Waals surface area contributed by atoms with Gasteiger partial charge in [-0.2, -0.15) is 0 Å². The smallest absolute Gasteiger partial charge is 0.245 e. The molecule has 0 aliphatic carbocycles. The zero-order valence-corrected chi connectivity index (χ0v) is 19.6. The largest absolute Gasteiger partial charge is 0.488 e. The topological polar surface area (TPSA) is 118 Å². The van der Waals surface area contributed by atoms with Crippen LogP contribution < -0.4 is 20.1 Å². The Morgan fingerprint density at radius 1 is 1.06 bits per heavy atom. The molecule has 2 aromatic heterocycles. The summed E-state index contributed by atoms with van der Waals surface area (Å²) in [5, 5.41) is 15.6.